The third kappa shape index (κ3) is 4.51. The summed E-state index contributed by atoms with van der Waals surface area (Å²) in [6.45, 7) is 6.44. The first-order valence-electron chi connectivity index (χ1n) is 11.7. The van der Waals surface area contributed by atoms with Crippen LogP contribution in [0, 0.1) is 0 Å². The van der Waals surface area contributed by atoms with E-state index in [0.717, 1.165) is 45.0 Å². The minimum absolute atomic E-state index is 0.0632. The Morgan fingerprint density at radius 3 is 2.66 bits per heavy atom. The molecule has 0 fully saturated rings. The van der Waals surface area contributed by atoms with Gasteiger partial charge >= 0.3 is 0 Å². The molecule has 2 heterocycles. The number of pyridine rings is 1. The van der Waals surface area contributed by atoms with Gasteiger partial charge in [0.1, 0.15) is 11.9 Å². The highest BCUT2D eigenvalue weighted by Gasteiger charge is 2.31. The van der Waals surface area contributed by atoms with Crippen LogP contribution in [0.15, 0.2) is 54.7 Å². The monoisotopic (exact) mass is 495 g/mol. The number of nitrogens with zero attached hydrogens (tertiary/aromatic N) is 1. The highest BCUT2D eigenvalue weighted by atomic mass is 31.0. The molecule has 1 unspecified atom stereocenters. The lowest BCUT2D eigenvalue weighted by molar-refractivity contribution is -0.0770. The molecular weight excluding hydrogens is 467 g/mol. The maximum Gasteiger partial charge on any atom is 0.264 e. The third-order valence-corrected chi connectivity index (χ3v) is 6.45. The first-order chi connectivity index (χ1) is 16.8. The van der Waals surface area contributed by atoms with Gasteiger partial charge in [0.25, 0.3) is 6.43 Å². The molecule has 7 heteroatoms. The molecule has 3 aromatic carbocycles. The molecule has 0 saturated carbocycles. The molecule has 182 valence electrons. The second kappa shape index (κ2) is 9.42. The molecule has 5 rings (SSSR count). The van der Waals surface area contributed by atoms with Gasteiger partial charge in [0, 0.05) is 44.2 Å². The summed E-state index contributed by atoms with van der Waals surface area (Å²) < 4.78 is 47.0. The lowest BCUT2D eigenvalue weighted by Gasteiger charge is -2.31. The van der Waals surface area contributed by atoms with Crippen LogP contribution in [0.25, 0.3) is 32.8 Å². The Morgan fingerprint density at radius 2 is 1.91 bits per heavy atom. The zero-order valence-electron chi connectivity index (χ0n) is 20.0. The Hall–Kier alpha value is -2.66. The molecule has 4 nitrogen and oxygen atoms in total. The second-order valence-electron chi connectivity index (χ2n) is 9.73. The van der Waals surface area contributed by atoms with Crippen molar-refractivity contribution >= 4 is 31.1 Å². The SMILES string of the molecule is CC(C)(C)O[C@H](COP)c1c(C(F)F)cc2ccccc2c1-c1ccc2c3c(ccnc13)CCO2. The Kier molecular flexibility index (Phi) is 6.47. The van der Waals surface area contributed by atoms with Crippen molar-refractivity contribution in [2.45, 2.75) is 45.3 Å². The minimum Gasteiger partial charge on any atom is -0.493 e. The Bertz CT molecular complexity index is 1390. The van der Waals surface area contributed by atoms with Gasteiger partial charge in [0.05, 0.1) is 24.3 Å². The number of fused-ring (bicyclic) bond motifs is 1. The van der Waals surface area contributed by atoms with Crippen molar-refractivity contribution in [3.8, 4) is 16.9 Å². The summed E-state index contributed by atoms with van der Waals surface area (Å²) in [5, 5.41) is 2.53. The van der Waals surface area contributed by atoms with E-state index in [1.54, 1.807) is 12.3 Å². The van der Waals surface area contributed by atoms with Gasteiger partial charge in [-0.2, -0.15) is 0 Å². The van der Waals surface area contributed by atoms with Crippen LogP contribution in [0.3, 0.4) is 0 Å². The molecular formula is C28H28F2NO3P. The number of ether oxygens (including phenoxy) is 2. The fraction of sp³-hybridized carbons (Fsp3) is 0.321. The van der Waals surface area contributed by atoms with Crippen molar-refractivity contribution in [3.05, 3.63) is 71.4 Å². The van der Waals surface area contributed by atoms with E-state index in [4.69, 9.17) is 19.0 Å². The number of benzene rings is 3. The summed E-state index contributed by atoms with van der Waals surface area (Å²) in [5.41, 5.74) is 3.13. The van der Waals surface area contributed by atoms with Gasteiger partial charge in [0.2, 0.25) is 0 Å². The Balaban J connectivity index is 1.91. The summed E-state index contributed by atoms with van der Waals surface area (Å²) >= 11 is 0. The topological polar surface area (TPSA) is 40.6 Å². The van der Waals surface area contributed by atoms with Crippen LogP contribution in [0.5, 0.6) is 5.75 Å². The first-order valence-corrected chi connectivity index (χ1v) is 12.1. The number of alkyl halides is 2. The zero-order valence-corrected chi connectivity index (χ0v) is 21.1. The molecule has 4 aromatic rings. The van der Waals surface area contributed by atoms with Crippen molar-refractivity contribution in [2.24, 2.45) is 0 Å². The molecule has 1 aliphatic heterocycles. The summed E-state index contributed by atoms with van der Waals surface area (Å²) in [6, 6.07) is 15.0. The van der Waals surface area contributed by atoms with Gasteiger partial charge in [-0.25, -0.2) is 8.78 Å². The van der Waals surface area contributed by atoms with Gasteiger partial charge in [-0.15, -0.1) is 0 Å². The van der Waals surface area contributed by atoms with Gasteiger partial charge < -0.3 is 14.0 Å². The van der Waals surface area contributed by atoms with Crippen LogP contribution in [0.4, 0.5) is 8.78 Å². The fourth-order valence-corrected chi connectivity index (χ4v) is 5.17. The number of rotatable bonds is 6. The molecule has 1 aliphatic rings. The van der Waals surface area contributed by atoms with Gasteiger partial charge in [-0.05, 0) is 66.9 Å². The first kappa shape index (κ1) is 24.1. The average molecular weight is 496 g/mol. The lowest BCUT2D eigenvalue weighted by atomic mass is 9.85. The molecule has 0 radical (unpaired) electrons. The van der Waals surface area contributed by atoms with Crippen LogP contribution in [0.1, 0.15) is 50.0 Å². The molecule has 0 amide bonds. The number of aromatic nitrogens is 1. The van der Waals surface area contributed by atoms with Crippen LogP contribution >= 0.6 is 9.47 Å². The van der Waals surface area contributed by atoms with Crippen LogP contribution in [0.2, 0.25) is 0 Å². The number of hydrogen-bond donors (Lipinski definition) is 0. The summed E-state index contributed by atoms with van der Waals surface area (Å²) in [5.74, 6) is 0.768. The largest absolute Gasteiger partial charge is 0.493 e. The third-order valence-electron chi connectivity index (χ3n) is 6.26. The normalized spacial score (nSPS) is 14.5. The lowest BCUT2D eigenvalue weighted by Crippen LogP contribution is -2.26. The molecule has 0 aliphatic carbocycles. The van der Waals surface area contributed by atoms with E-state index in [-0.39, 0.29) is 12.2 Å². The molecule has 0 saturated heterocycles. The van der Waals surface area contributed by atoms with Crippen LogP contribution < -0.4 is 4.74 Å². The van der Waals surface area contributed by atoms with Crippen molar-refractivity contribution in [1.82, 2.24) is 4.98 Å². The Morgan fingerprint density at radius 1 is 1.11 bits per heavy atom. The van der Waals surface area contributed by atoms with E-state index in [2.05, 4.69) is 9.47 Å². The maximum atomic E-state index is 14.7. The van der Waals surface area contributed by atoms with Crippen molar-refractivity contribution in [2.75, 3.05) is 13.2 Å². The quantitative estimate of drug-likeness (QED) is 0.259. The standard InChI is InChI=1S/C28H28F2NO3P/c1-28(2,3)34-22(15-33-35)25-20(27(29)30)14-17-6-4-5-7-18(17)24(25)19-8-9-21-23-16(11-13-32-21)10-12-31-26(19)23/h4-10,12,14,22,27H,11,13,15,35H2,1-3H3/t22-/m1/s1. The van der Waals surface area contributed by atoms with E-state index in [1.165, 1.54) is 0 Å². The van der Waals surface area contributed by atoms with E-state index < -0.39 is 18.1 Å². The summed E-state index contributed by atoms with van der Waals surface area (Å²) in [6.07, 6.45) is -0.862. The second-order valence-corrected chi connectivity index (χ2v) is 10.1. The van der Waals surface area contributed by atoms with Crippen molar-refractivity contribution in [1.29, 1.82) is 0 Å². The predicted octanol–water partition coefficient (Wildman–Crippen LogP) is 7.59. The molecule has 1 aromatic heterocycles. The van der Waals surface area contributed by atoms with Crippen molar-refractivity contribution < 1.29 is 22.8 Å². The van der Waals surface area contributed by atoms with Gasteiger partial charge in [0.15, 0.2) is 0 Å². The highest BCUT2D eigenvalue weighted by Crippen LogP contribution is 2.46. The zero-order chi connectivity index (χ0) is 24.7. The van der Waals surface area contributed by atoms with E-state index in [9.17, 15) is 8.78 Å². The fourth-order valence-electron chi connectivity index (χ4n) is 5.00. The van der Waals surface area contributed by atoms with E-state index >= 15 is 0 Å². The maximum absolute atomic E-state index is 14.7. The summed E-state index contributed by atoms with van der Waals surface area (Å²) in [7, 11) is 2.21. The molecule has 0 bridgehead atoms. The van der Waals surface area contributed by atoms with Crippen LogP contribution in [-0.2, 0) is 15.7 Å². The summed E-state index contributed by atoms with van der Waals surface area (Å²) in [4.78, 5) is 4.72. The molecule has 0 N–H and O–H groups in total. The molecule has 0 spiro atoms. The molecule has 2 atom stereocenters. The minimum atomic E-state index is -2.69. The van der Waals surface area contributed by atoms with Gasteiger partial charge in [-0.1, -0.05) is 24.3 Å². The number of halogens is 2. The molecule has 35 heavy (non-hydrogen) atoms. The van der Waals surface area contributed by atoms with E-state index in [0.29, 0.717) is 17.7 Å². The average Bonchev–Trinajstić information content (AvgIpc) is 2.82. The Labute approximate surface area is 205 Å². The van der Waals surface area contributed by atoms with Gasteiger partial charge in [-0.3, -0.25) is 4.98 Å². The number of hydrogen-bond acceptors (Lipinski definition) is 4. The highest BCUT2D eigenvalue weighted by molar-refractivity contribution is 7.09. The van der Waals surface area contributed by atoms with Crippen LogP contribution in [-0.4, -0.2) is 23.8 Å². The predicted molar refractivity (Wildman–Crippen MR) is 138 cm³/mol. The van der Waals surface area contributed by atoms with E-state index in [1.807, 2.05) is 63.2 Å². The van der Waals surface area contributed by atoms with Crippen molar-refractivity contribution in [3.63, 3.8) is 0 Å². The smallest absolute Gasteiger partial charge is 0.264 e.